The highest BCUT2D eigenvalue weighted by Crippen LogP contribution is 2.24. The zero-order chi connectivity index (χ0) is 14.9. The van der Waals surface area contributed by atoms with Gasteiger partial charge in [0.2, 0.25) is 0 Å². The smallest absolute Gasteiger partial charge is 0.275 e. The Morgan fingerprint density at radius 1 is 1.32 bits per heavy atom. The van der Waals surface area contributed by atoms with Crippen molar-refractivity contribution in [3.63, 3.8) is 0 Å². The Bertz CT molecular complexity index is 939. The summed E-state index contributed by atoms with van der Waals surface area (Å²) in [5.41, 5.74) is 1.99. The molecular weight excluding hydrogens is 300 g/mol. The largest absolute Gasteiger partial charge is 0.462 e. The van der Waals surface area contributed by atoms with Crippen molar-refractivity contribution in [1.82, 2.24) is 15.2 Å². The lowest BCUT2D eigenvalue weighted by atomic mass is 10.2. The molecule has 4 rings (SSSR count). The Kier molecular flexibility index (Phi) is 2.97. The molecule has 22 heavy (non-hydrogen) atoms. The van der Waals surface area contributed by atoms with Gasteiger partial charge in [0.05, 0.1) is 18.0 Å². The number of H-pyrrole nitrogens is 1. The summed E-state index contributed by atoms with van der Waals surface area (Å²) in [7, 11) is 0. The van der Waals surface area contributed by atoms with Gasteiger partial charge >= 0.3 is 0 Å². The normalized spacial score (nSPS) is 10.9. The van der Waals surface area contributed by atoms with Crippen molar-refractivity contribution in [3.05, 3.63) is 53.9 Å². The Hall–Kier alpha value is -2.93. The number of amides is 1. The van der Waals surface area contributed by atoms with E-state index in [1.807, 2.05) is 24.3 Å². The summed E-state index contributed by atoms with van der Waals surface area (Å²) in [5.74, 6) is 0.403. The van der Waals surface area contributed by atoms with Gasteiger partial charge in [-0.1, -0.05) is 0 Å². The van der Waals surface area contributed by atoms with Gasteiger partial charge < -0.3 is 9.73 Å². The van der Waals surface area contributed by atoms with Crippen molar-refractivity contribution < 1.29 is 9.21 Å². The van der Waals surface area contributed by atoms with Crippen LogP contribution < -0.4 is 5.32 Å². The van der Waals surface area contributed by atoms with Crippen LogP contribution in [0.25, 0.3) is 21.7 Å². The number of carbonyl (C=O) groups excluding carboxylic acids is 1. The predicted octanol–water partition coefficient (Wildman–Crippen LogP) is 3.53. The zero-order valence-corrected chi connectivity index (χ0v) is 12.1. The minimum absolute atomic E-state index is 0.253. The van der Waals surface area contributed by atoms with Gasteiger partial charge in [-0.25, -0.2) is 4.98 Å². The lowest BCUT2D eigenvalue weighted by Gasteiger charge is -2.02. The number of aromatic nitrogens is 3. The van der Waals surface area contributed by atoms with Gasteiger partial charge in [0.15, 0.2) is 10.8 Å². The number of carbonyl (C=O) groups is 1. The highest BCUT2D eigenvalue weighted by Gasteiger charge is 2.13. The van der Waals surface area contributed by atoms with Crippen molar-refractivity contribution >= 4 is 33.8 Å². The number of fused-ring (bicyclic) bond motifs is 1. The van der Waals surface area contributed by atoms with Crippen LogP contribution in [0.3, 0.4) is 0 Å². The molecule has 108 valence electrons. The van der Waals surface area contributed by atoms with Gasteiger partial charge in [-0.05, 0) is 30.3 Å². The van der Waals surface area contributed by atoms with Crippen LogP contribution in [0.5, 0.6) is 0 Å². The van der Waals surface area contributed by atoms with Crippen LogP contribution in [0.1, 0.15) is 10.5 Å². The highest BCUT2D eigenvalue weighted by molar-refractivity contribution is 7.13. The quantitative estimate of drug-likeness (QED) is 0.606. The van der Waals surface area contributed by atoms with Gasteiger partial charge in [0, 0.05) is 16.5 Å². The average molecular weight is 310 g/mol. The zero-order valence-electron chi connectivity index (χ0n) is 11.2. The van der Waals surface area contributed by atoms with Crippen molar-refractivity contribution in [2.75, 3.05) is 5.32 Å². The first-order valence-electron chi connectivity index (χ1n) is 6.53. The molecule has 0 spiro atoms. The van der Waals surface area contributed by atoms with E-state index in [1.165, 1.54) is 11.3 Å². The van der Waals surface area contributed by atoms with Gasteiger partial charge in [-0.3, -0.25) is 9.89 Å². The molecule has 1 amide bonds. The van der Waals surface area contributed by atoms with E-state index in [0.29, 0.717) is 22.1 Å². The van der Waals surface area contributed by atoms with Gasteiger partial charge in [-0.15, -0.1) is 11.3 Å². The molecule has 0 aliphatic rings. The third kappa shape index (κ3) is 2.27. The topological polar surface area (TPSA) is 83.8 Å². The summed E-state index contributed by atoms with van der Waals surface area (Å²) in [6.07, 6.45) is 3.29. The first-order valence-corrected chi connectivity index (χ1v) is 7.41. The van der Waals surface area contributed by atoms with Gasteiger partial charge in [-0.2, -0.15) is 5.10 Å². The molecule has 0 radical (unpaired) electrons. The van der Waals surface area contributed by atoms with Crippen molar-refractivity contribution in [3.8, 4) is 10.8 Å². The predicted molar refractivity (Wildman–Crippen MR) is 83.9 cm³/mol. The van der Waals surface area contributed by atoms with E-state index < -0.39 is 0 Å². The van der Waals surface area contributed by atoms with Crippen molar-refractivity contribution in [1.29, 1.82) is 0 Å². The summed E-state index contributed by atoms with van der Waals surface area (Å²) in [6, 6.07) is 9.14. The molecule has 0 atom stereocenters. The number of benzene rings is 1. The monoisotopic (exact) mass is 310 g/mol. The second-order valence-corrected chi connectivity index (χ2v) is 5.50. The first kappa shape index (κ1) is 12.8. The van der Waals surface area contributed by atoms with Crippen LogP contribution in [0, 0.1) is 0 Å². The average Bonchev–Trinajstić information content (AvgIpc) is 3.26. The van der Waals surface area contributed by atoms with Gasteiger partial charge in [0.25, 0.3) is 5.91 Å². The lowest BCUT2D eigenvalue weighted by molar-refractivity contribution is 0.102. The van der Waals surface area contributed by atoms with E-state index in [4.69, 9.17) is 4.42 Å². The second kappa shape index (κ2) is 5.12. The number of anilines is 1. The van der Waals surface area contributed by atoms with Crippen LogP contribution in [-0.4, -0.2) is 21.1 Å². The van der Waals surface area contributed by atoms with Crippen LogP contribution >= 0.6 is 11.3 Å². The summed E-state index contributed by atoms with van der Waals surface area (Å²) >= 11 is 1.37. The number of hydrogen-bond donors (Lipinski definition) is 2. The fourth-order valence-electron chi connectivity index (χ4n) is 2.11. The maximum absolute atomic E-state index is 12.3. The van der Waals surface area contributed by atoms with Crippen molar-refractivity contribution in [2.24, 2.45) is 0 Å². The molecule has 7 heteroatoms. The Morgan fingerprint density at radius 3 is 3.14 bits per heavy atom. The first-order chi connectivity index (χ1) is 10.8. The maximum Gasteiger partial charge on any atom is 0.275 e. The maximum atomic E-state index is 12.3. The van der Waals surface area contributed by atoms with E-state index >= 15 is 0 Å². The Morgan fingerprint density at radius 2 is 2.27 bits per heavy atom. The van der Waals surface area contributed by atoms with Crippen LogP contribution in [0.4, 0.5) is 5.69 Å². The molecule has 0 bridgehead atoms. The molecule has 0 unspecified atom stereocenters. The molecule has 0 saturated heterocycles. The molecule has 0 fully saturated rings. The fourth-order valence-corrected chi connectivity index (χ4v) is 2.87. The molecule has 3 heterocycles. The number of rotatable bonds is 3. The van der Waals surface area contributed by atoms with E-state index in [2.05, 4.69) is 20.5 Å². The number of nitrogens with zero attached hydrogens (tertiary/aromatic N) is 2. The summed E-state index contributed by atoms with van der Waals surface area (Å²) in [4.78, 5) is 16.5. The SMILES string of the molecule is O=C(Nc1ccc2[nH]ncc2c1)c1csc(-c2ccco2)n1. The third-order valence-corrected chi connectivity index (χ3v) is 4.02. The molecule has 3 aromatic heterocycles. The number of nitrogens with one attached hydrogen (secondary N) is 2. The summed E-state index contributed by atoms with van der Waals surface area (Å²) < 4.78 is 5.28. The van der Waals surface area contributed by atoms with Gasteiger partial charge in [0.1, 0.15) is 5.69 Å². The molecule has 2 N–H and O–H groups in total. The number of thiazole rings is 1. The fraction of sp³-hybridized carbons (Fsp3) is 0. The van der Waals surface area contributed by atoms with Crippen LogP contribution in [0.2, 0.25) is 0 Å². The Labute approximate surface area is 128 Å². The van der Waals surface area contributed by atoms with Crippen molar-refractivity contribution in [2.45, 2.75) is 0 Å². The second-order valence-electron chi connectivity index (χ2n) is 4.64. The molecule has 6 nitrogen and oxygen atoms in total. The molecule has 0 saturated carbocycles. The lowest BCUT2D eigenvalue weighted by Crippen LogP contribution is -2.12. The number of aromatic amines is 1. The minimum Gasteiger partial charge on any atom is -0.462 e. The molecule has 1 aromatic carbocycles. The van der Waals surface area contributed by atoms with E-state index in [-0.39, 0.29) is 5.91 Å². The summed E-state index contributed by atoms with van der Waals surface area (Å²) in [5, 5.41) is 13.0. The summed E-state index contributed by atoms with van der Waals surface area (Å²) in [6.45, 7) is 0. The number of furan rings is 1. The molecular formula is C15H10N4O2S. The molecule has 0 aliphatic heterocycles. The third-order valence-electron chi connectivity index (χ3n) is 3.17. The standard InChI is InChI=1S/C15H10N4O2S/c20-14(12-8-22-15(18-12)13-2-1-5-21-13)17-10-3-4-11-9(6-10)7-16-19-11/h1-8H,(H,16,19)(H,17,20). The van der Waals surface area contributed by atoms with E-state index in [9.17, 15) is 4.79 Å². The number of hydrogen-bond acceptors (Lipinski definition) is 5. The minimum atomic E-state index is -0.253. The van der Waals surface area contributed by atoms with Crippen LogP contribution in [0.15, 0.2) is 52.6 Å². The van der Waals surface area contributed by atoms with E-state index in [0.717, 1.165) is 10.9 Å². The molecule has 0 aliphatic carbocycles. The van der Waals surface area contributed by atoms with E-state index in [1.54, 1.807) is 23.9 Å². The Balaban J connectivity index is 1.56. The highest BCUT2D eigenvalue weighted by atomic mass is 32.1. The van der Waals surface area contributed by atoms with Crippen LogP contribution in [-0.2, 0) is 0 Å². The molecule has 4 aromatic rings.